The van der Waals surface area contributed by atoms with E-state index in [1.54, 1.807) is 12.0 Å². The van der Waals surface area contributed by atoms with Crippen molar-refractivity contribution >= 4 is 23.5 Å². The van der Waals surface area contributed by atoms with Crippen molar-refractivity contribution in [1.29, 1.82) is 0 Å². The fraction of sp³-hybridized carbons (Fsp3) is 0.640. The van der Waals surface area contributed by atoms with Crippen LogP contribution in [0.5, 0.6) is 5.75 Å². The van der Waals surface area contributed by atoms with Crippen LogP contribution >= 0.6 is 0 Å². The lowest BCUT2D eigenvalue weighted by Gasteiger charge is -2.40. The third-order valence-corrected chi connectivity index (χ3v) is 7.66. The number of benzene rings is 1. The largest absolute Gasteiger partial charge is 0.495 e. The van der Waals surface area contributed by atoms with Gasteiger partial charge in [-0.25, -0.2) is 4.79 Å². The number of imide groups is 1. The molecule has 0 aromatic heterocycles. The summed E-state index contributed by atoms with van der Waals surface area (Å²) < 4.78 is 5.45. The second-order valence-corrected chi connectivity index (χ2v) is 10.6. The molecule has 2 saturated heterocycles. The number of nitrogens with zero attached hydrogens (tertiary/aromatic N) is 3. The van der Waals surface area contributed by atoms with Crippen molar-refractivity contribution < 1.29 is 19.1 Å². The second kappa shape index (κ2) is 8.88. The zero-order valence-corrected chi connectivity index (χ0v) is 20.2. The molecular weight excluding hydrogens is 420 g/mol. The van der Waals surface area contributed by atoms with E-state index in [1.807, 2.05) is 24.3 Å². The molecule has 0 bridgehead atoms. The Morgan fingerprint density at radius 3 is 2.33 bits per heavy atom. The summed E-state index contributed by atoms with van der Waals surface area (Å²) in [6.45, 7) is 8.91. The first-order valence-corrected chi connectivity index (χ1v) is 11.9. The van der Waals surface area contributed by atoms with E-state index in [0.717, 1.165) is 29.2 Å². The summed E-state index contributed by atoms with van der Waals surface area (Å²) in [5, 5.41) is 2.94. The van der Waals surface area contributed by atoms with E-state index in [9.17, 15) is 14.4 Å². The minimum absolute atomic E-state index is 0.182. The predicted octanol–water partition coefficient (Wildman–Crippen LogP) is 2.87. The maximum absolute atomic E-state index is 13.2. The lowest BCUT2D eigenvalue weighted by molar-refractivity contribution is -0.140. The Kier molecular flexibility index (Phi) is 6.29. The minimum Gasteiger partial charge on any atom is -0.495 e. The zero-order chi connectivity index (χ0) is 23.8. The van der Waals surface area contributed by atoms with Crippen molar-refractivity contribution in [3.8, 4) is 5.75 Å². The van der Waals surface area contributed by atoms with E-state index in [2.05, 4.69) is 31.0 Å². The van der Waals surface area contributed by atoms with E-state index >= 15 is 0 Å². The second-order valence-electron chi connectivity index (χ2n) is 10.6. The van der Waals surface area contributed by atoms with Crippen LogP contribution in [0.4, 0.5) is 10.5 Å². The molecule has 33 heavy (non-hydrogen) atoms. The van der Waals surface area contributed by atoms with Gasteiger partial charge in [-0.3, -0.25) is 14.5 Å². The number of piperazine rings is 1. The first-order chi connectivity index (χ1) is 15.6. The monoisotopic (exact) mass is 456 g/mol. The maximum Gasteiger partial charge on any atom is 0.325 e. The number of carbonyl (C=O) groups is 3. The van der Waals surface area contributed by atoms with Crippen molar-refractivity contribution in [3.05, 3.63) is 24.3 Å². The molecule has 0 atom stereocenters. The number of ether oxygens (including phenoxy) is 1. The summed E-state index contributed by atoms with van der Waals surface area (Å²) in [5.74, 6) is 0.922. The van der Waals surface area contributed by atoms with Gasteiger partial charge in [0.2, 0.25) is 5.91 Å². The van der Waals surface area contributed by atoms with Gasteiger partial charge in [-0.05, 0) is 49.1 Å². The summed E-state index contributed by atoms with van der Waals surface area (Å²) in [6, 6.07) is 7.41. The van der Waals surface area contributed by atoms with Gasteiger partial charge >= 0.3 is 6.03 Å². The van der Waals surface area contributed by atoms with Crippen LogP contribution in [0, 0.1) is 11.3 Å². The van der Waals surface area contributed by atoms with Gasteiger partial charge in [-0.1, -0.05) is 32.9 Å². The highest BCUT2D eigenvalue weighted by molar-refractivity contribution is 6.09. The average Bonchev–Trinajstić information content (AvgIpc) is 3.02. The van der Waals surface area contributed by atoms with E-state index in [-0.39, 0.29) is 23.8 Å². The molecule has 3 aliphatic rings. The average molecular weight is 457 g/mol. The topological polar surface area (TPSA) is 82.2 Å². The fourth-order valence-corrected chi connectivity index (χ4v) is 5.46. The molecule has 1 saturated carbocycles. The van der Waals surface area contributed by atoms with E-state index < -0.39 is 11.6 Å². The van der Waals surface area contributed by atoms with Crippen LogP contribution in [-0.2, 0) is 9.59 Å². The summed E-state index contributed by atoms with van der Waals surface area (Å²) in [7, 11) is 1.65. The lowest BCUT2D eigenvalue weighted by Crippen LogP contribution is -2.53. The number of carbonyl (C=O) groups excluding carboxylic acids is 3. The first kappa shape index (κ1) is 23.4. The molecule has 3 fully saturated rings. The summed E-state index contributed by atoms with van der Waals surface area (Å²) >= 11 is 0. The molecule has 2 heterocycles. The number of rotatable bonds is 4. The van der Waals surface area contributed by atoms with Gasteiger partial charge in [0.15, 0.2) is 0 Å². The molecule has 180 valence electrons. The van der Waals surface area contributed by atoms with E-state index in [4.69, 9.17) is 4.74 Å². The quantitative estimate of drug-likeness (QED) is 0.705. The number of urea groups is 1. The van der Waals surface area contributed by atoms with Crippen LogP contribution in [0.15, 0.2) is 24.3 Å². The number of hydrogen-bond donors (Lipinski definition) is 1. The summed E-state index contributed by atoms with van der Waals surface area (Å²) in [5.41, 5.74) is 0.366. The number of hydrogen-bond acceptors (Lipinski definition) is 5. The Morgan fingerprint density at radius 1 is 1.09 bits per heavy atom. The minimum atomic E-state index is -0.832. The van der Waals surface area contributed by atoms with Crippen molar-refractivity contribution in [1.82, 2.24) is 15.1 Å². The maximum atomic E-state index is 13.2. The molecule has 1 N–H and O–H groups in total. The third kappa shape index (κ3) is 4.52. The molecule has 0 radical (unpaired) electrons. The van der Waals surface area contributed by atoms with E-state index in [0.29, 0.717) is 44.9 Å². The van der Waals surface area contributed by atoms with Crippen molar-refractivity contribution in [3.63, 3.8) is 0 Å². The Labute approximate surface area is 196 Å². The molecule has 0 unspecified atom stereocenters. The molecule has 1 spiro atoms. The SMILES string of the molecule is COc1ccccc1N1CCN(C(=O)CN2C(=O)NC3(CCC(C(C)(C)C)CC3)C2=O)CC1. The van der Waals surface area contributed by atoms with Gasteiger partial charge in [-0.15, -0.1) is 0 Å². The Balaban J connectivity index is 1.34. The Morgan fingerprint density at radius 2 is 1.73 bits per heavy atom. The Hall–Kier alpha value is -2.77. The summed E-state index contributed by atoms with van der Waals surface area (Å²) in [6.07, 6.45) is 3.09. The van der Waals surface area contributed by atoms with Gasteiger partial charge in [0.25, 0.3) is 5.91 Å². The number of anilines is 1. The lowest BCUT2D eigenvalue weighted by atomic mass is 9.67. The van der Waals surface area contributed by atoms with E-state index in [1.165, 1.54) is 0 Å². The number of methoxy groups -OCH3 is 1. The van der Waals surface area contributed by atoms with Crippen molar-refractivity contribution in [2.75, 3.05) is 44.7 Å². The molecule has 1 aromatic rings. The van der Waals surface area contributed by atoms with Gasteiger partial charge in [0.1, 0.15) is 17.8 Å². The normalized spacial score (nSPS) is 26.1. The van der Waals surface area contributed by atoms with Crippen LogP contribution in [0.25, 0.3) is 0 Å². The smallest absolute Gasteiger partial charge is 0.325 e. The number of amides is 4. The first-order valence-electron chi connectivity index (χ1n) is 11.9. The third-order valence-electron chi connectivity index (χ3n) is 7.66. The summed E-state index contributed by atoms with van der Waals surface area (Å²) in [4.78, 5) is 43.9. The molecule has 4 amide bonds. The van der Waals surface area contributed by atoms with Crippen LogP contribution < -0.4 is 15.0 Å². The number of para-hydroxylation sites is 2. The molecular formula is C25H36N4O4. The van der Waals surface area contributed by atoms with Crippen molar-refractivity contribution in [2.24, 2.45) is 11.3 Å². The van der Waals surface area contributed by atoms with Crippen LogP contribution in [0.2, 0.25) is 0 Å². The van der Waals surface area contributed by atoms with Crippen LogP contribution in [0.1, 0.15) is 46.5 Å². The molecule has 1 aromatic carbocycles. The molecule has 4 rings (SSSR count). The molecule has 8 heteroatoms. The highest BCUT2D eigenvalue weighted by Crippen LogP contribution is 2.43. The zero-order valence-electron chi connectivity index (χ0n) is 20.2. The number of nitrogens with one attached hydrogen (secondary N) is 1. The predicted molar refractivity (Wildman–Crippen MR) is 126 cm³/mol. The highest BCUT2D eigenvalue weighted by atomic mass is 16.5. The van der Waals surface area contributed by atoms with Crippen LogP contribution in [0.3, 0.4) is 0 Å². The molecule has 1 aliphatic carbocycles. The van der Waals surface area contributed by atoms with Crippen LogP contribution in [-0.4, -0.2) is 73.0 Å². The molecule has 8 nitrogen and oxygen atoms in total. The Bertz CT molecular complexity index is 909. The fourth-order valence-electron chi connectivity index (χ4n) is 5.46. The standard InChI is InChI=1S/C25H36N4O4/c1-24(2,3)18-9-11-25(12-10-18)22(31)29(23(32)26-25)17-21(30)28-15-13-27(14-16-28)19-7-5-6-8-20(19)33-4/h5-8,18H,9-17H2,1-4H3,(H,26,32). The molecule has 2 aliphatic heterocycles. The van der Waals surface area contributed by atoms with Gasteiger partial charge in [-0.2, -0.15) is 0 Å². The van der Waals surface area contributed by atoms with Crippen molar-refractivity contribution in [2.45, 2.75) is 52.0 Å². The van der Waals surface area contributed by atoms with Gasteiger partial charge in [0, 0.05) is 26.2 Å². The van der Waals surface area contributed by atoms with Gasteiger partial charge in [0.05, 0.1) is 12.8 Å². The highest BCUT2D eigenvalue weighted by Gasteiger charge is 2.53. The van der Waals surface area contributed by atoms with Gasteiger partial charge < -0.3 is 19.9 Å².